The van der Waals surface area contributed by atoms with E-state index in [1.165, 1.54) is 0 Å². The third-order valence-electron chi connectivity index (χ3n) is 2.24. The highest BCUT2D eigenvalue weighted by Gasteiger charge is 2.13. The van der Waals surface area contributed by atoms with E-state index in [-0.39, 0.29) is 5.97 Å². The number of unbranched alkanes of at least 4 members (excludes halogenated alkanes) is 2. The van der Waals surface area contributed by atoms with Gasteiger partial charge in [0.2, 0.25) is 0 Å². The predicted molar refractivity (Wildman–Crippen MR) is 75.2 cm³/mol. The number of rotatable bonds is 11. The van der Waals surface area contributed by atoms with Gasteiger partial charge in [-0.2, -0.15) is 0 Å². The van der Waals surface area contributed by atoms with E-state index in [0.29, 0.717) is 32.8 Å². The van der Waals surface area contributed by atoms with Crippen LogP contribution in [0.1, 0.15) is 32.6 Å². The zero-order valence-electron chi connectivity index (χ0n) is 12.3. The van der Waals surface area contributed by atoms with Crippen LogP contribution < -0.4 is 0 Å². The summed E-state index contributed by atoms with van der Waals surface area (Å²) >= 11 is 0. The van der Waals surface area contributed by atoms with Gasteiger partial charge in [0.1, 0.15) is 6.61 Å². The minimum atomic E-state index is -1.43. The summed E-state index contributed by atoms with van der Waals surface area (Å²) in [6.45, 7) is 10.5. The highest BCUT2D eigenvalue weighted by molar-refractivity contribution is 6.69. The molecule has 0 aromatic carbocycles. The Morgan fingerprint density at radius 3 is 2.28 bits per heavy atom. The van der Waals surface area contributed by atoms with Crippen molar-refractivity contribution in [3.63, 3.8) is 0 Å². The Labute approximate surface area is 112 Å². The summed E-state index contributed by atoms with van der Waals surface area (Å²) in [5.74, 6) is -0.120. The summed E-state index contributed by atoms with van der Waals surface area (Å²) in [5.41, 5.74) is 0. The first-order valence-corrected chi connectivity index (χ1v) is 10.2. The third kappa shape index (κ3) is 13.7. The summed E-state index contributed by atoms with van der Waals surface area (Å²) in [4.78, 5) is 11.2. The van der Waals surface area contributed by atoms with E-state index < -0.39 is 8.32 Å². The van der Waals surface area contributed by atoms with Gasteiger partial charge in [0.05, 0.1) is 19.8 Å². The van der Waals surface area contributed by atoms with Gasteiger partial charge in [0.15, 0.2) is 8.32 Å². The molecule has 0 aliphatic rings. The van der Waals surface area contributed by atoms with Crippen LogP contribution in [0.5, 0.6) is 0 Å². The molecule has 0 aliphatic carbocycles. The van der Waals surface area contributed by atoms with Crippen LogP contribution >= 0.6 is 0 Å². The van der Waals surface area contributed by atoms with E-state index in [0.717, 1.165) is 19.3 Å². The lowest BCUT2D eigenvalue weighted by Gasteiger charge is -2.16. The molecule has 0 aliphatic heterocycles. The van der Waals surface area contributed by atoms with Crippen molar-refractivity contribution in [1.82, 2.24) is 0 Å². The van der Waals surface area contributed by atoms with Gasteiger partial charge in [0.25, 0.3) is 0 Å². The molecule has 0 bridgehead atoms. The molecule has 0 saturated carbocycles. The van der Waals surface area contributed by atoms with E-state index in [2.05, 4.69) is 26.6 Å². The molecule has 0 N–H and O–H groups in total. The van der Waals surface area contributed by atoms with Crippen molar-refractivity contribution in [2.24, 2.45) is 0 Å². The van der Waals surface area contributed by atoms with Crippen molar-refractivity contribution in [3.05, 3.63) is 0 Å². The number of carbonyl (C=O) groups is 1. The van der Waals surface area contributed by atoms with E-state index in [1.807, 2.05) is 0 Å². The Morgan fingerprint density at radius 1 is 1.00 bits per heavy atom. The second kappa shape index (κ2) is 10.5. The molecule has 0 saturated heterocycles. The number of hydrogen-bond acceptors (Lipinski definition) is 4. The zero-order chi connectivity index (χ0) is 13.9. The van der Waals surface area contributed by atoms with Crippen molar-refractivity contribution in [2.75, 3.05) is 26.4 Å². The number of carbonyl (C=O) groups excluding carboxylic acids is 1. The van der Waals surface area contributed by atoms with E-state index in [1.54, 1.807) is 0 Å². The minimum absolute atomic E-state index is 0.120. The second-order valence-corrected chi connectivity index (χ2v) is 9.76. The van der Waals surface area contributed by atoms with Crippen molar-refractivity contribution in [1.29, 1.82) is 0 Å². The first-order chi connectivity index (χ1) is 8.45. The molecule has 108 valence electrons. The summed E-state index contributed by atoms with van der Waals surface area (Å²) < 4.78 is 16.0. The highest BCUT2D eigenvalue weighted by atomic mass is 28.4. The summed E-state index contributed by atoms with van der Waals surface area (Å²) in [6.07, 6.45) is 3.64. The van der Waals surface area contributed by atoms with Crippen LogP contribution in [0.25, 0.3) is 0 Å². The quantitative estimate of drug-likeness (QED) is 0.331. The van der Waals surface area contributed by atoms with Crippen molar-refractivity contribution >= 4 is 14.3 Å². The third-order valence-corrected chi connectivity index (χ3v) is 3.31. The first kappa shape index (κ1) is 17.6. The van der Waals surface area contributed by atoms with Crippen LogP contribution in [0, 0.1) is 0 Å². The van der Waals surface area contributed by atoms with Crippen LogP contribution in [-0.4, -0.2) is 40.7 Å². The van der Waals surface area contributed by atoms with Crippen LogP contribution in [0.2, 0.25) is 19.6 Å². The van der Waals surface area contributed by atoms with Gasteiger partial charge < -0.3 is 13.9 Å². The first-order valence-electron chi connectivity index (χ1n) is 6.83. The molecular weight excluding hydrogens is 248 g/mol. The number of ether oxygens (including phenoxy) is 2. The Bertz CT molecular complexity index is 214. The van der Waals surface area contributed by atoms with Gasteiger partial charge in [-0.3, -0.25) is 4.79 Å². The van der Waals surface area contributed by atoms with Gasteiger partial charge in [-0.05, 0) is 26.1 Å². The Kier molecular flexibility index (Phi) is 10.3. The van der Waals surface area contributed by atoms with Crippen LogP contribution in [0.4, 0.5) is 0 Å². The van der Waals surface area contributed by atoms with Crippen molar-refractivity contribution in [3.8, 4) is 0 Å². The molecule has 0 spiro atoms. The molecule has 0 radical (unpaired) electrons. The molecule has 0 unspecified atom stereocenters. The smallest absolute Gasteiger partial charge is 0.305 e. The Hall–Kier alpha value is -0.393. The molecule has 4 nitrogen and oxygen atoms in total. The number of esters is 1. The highest BCUT2D eigenvalue weighted by Crippen LogP contribution is 2.02. The molecule has 18 heavy (non-hydrogen) atoms. The average molecular weight is 276 g/mol. The van der Waals surface area contributed by atoms with Gasteiger partial charge in [-0.15, -0.1) is 0 Å². The predicted octanol–water partition coefficient (Wildman–Crippen LogP) is 2.98. The summed E-state index contributed by atoms with van der Waals surface area (Å²) in [6, 6.07) is 0. The standard InChI is InChI=1S/C13H28O4Si/c1-5-6-7-8-13(14)16-11-9-15-10-12-17-18(2,3)4/h5-12H2,1-4H3. The molecular formula is C13H28O4Si. The average Bonchev–Trinajstić information content (AvgIpc) is 2.26. The molecule has 0 heterocycles. The van der Waals surface area contributed by atoms with E-state index in [9.17, 15) is 4.79 Å². The maximum absolute atomic E-state index is 11.2. The maximum Gasteiger partial charge on any atom is 0.305 e. The van der Waals surface area contributed by atoms with E-state index in [4.69, 9.17) is 13.9 Å². The van der Waals surface area contributed by atoms with Crippen LogP contribution in [0.15, 0.2) is 0 Å². The van der Waals surface area contributed by atoms with Crippen LogP contribution in [0.3, 0.4) is 0 Å². The maximum atomic E-state index is 11.2. The van der Waals surface area contributed by atoms with Gasteiger partial charge in [-0.25, -0.2) is 0 Å². The lowest BCUT2D eigenvalue weighted by Crippen LogP contribution is -2.27. The monoisotopic (exact) mass is 276 g/mol. The zero-order valence-corrected chi connectivity index (χ0v) is 13.3. The lowest BCUT2D eigenvalue weighted by molar-refractivity contribution is -0.145. The largest absolute Gasteiger partial charge is 0.463 e. The van der Waals surface area contributed by atoms with Crippen molar-refractivity contribution in [2.45, 2.75) is 52.2 Å². The Morgan fingerprint density at radius 2 is 1.67 bits per heavy atom. The van der Waals surface area contributed by atoms with Crippen LogP contribution in [-0.2, 0) is 18.7 Å². The fourth-order valence-electron chi connectivity index (χ4n) is 1.31. The normalized spacial score (nSPS) is 11.6. The summed E-state index contributed by atoms with van der Waals surface area (Å²) in [7, 11) is -1.43. The molecule has 0 aromatic heterocycles. The molecule has 0 rings (SSSR count). The second-order valence-electron chi connectivity index (χ2n) is 5.25. The summed E-state index contributed by atoms with van der Waals surface area (Å²) in [5, 5.41) is 0. The lowest BCUT2D eigenvalue weighted by atomic mass is 10.2. The Balaban J connectivity index is 3.22. The molecule has 5 heteroatoms. The molecule has 0 amide bonds. The van der Waals surface area contributed by atoms with Crippen molar-refractivity contribution < 1.29 is 18.7 Å². The van der Waals surface area contributed by atoms with Gasteiger partial charge in [-0.1, -0.05) is 19.8 Å². The molecule has 0 aromatic rings. The van der Waals surface area contributed by atoms with Gasteiger partial charge >= 0.3 is 5.97 Å². The number of hydrogen-bond donors (Lipinski definition) is 0. The SMILES string of the molecule is CCCCCC(=O)OCCOCCO[Si](C)(C)C. The fourth-order valence-corrected chi connectivity index (χ4v) is 2.01. The molecule has 0 fully saturated rings. The topological polar surface area (TPSA) is 44.8 Å². The minimum Gasteiger partial charge on any atom is -0.463 e. The van der Waals surface area contributed by atoms with E-state index >= 15 is 0 Å². The van der Waals surface area contributed by atoms with Gasteiger partial charge in [0, 0.05) is 6.42 Å². The fraction of sp³-hybridized carbons (Fsp3) is 0.923. The molecule has 0 atom stereocenters.